The van der Waals surface area contributed by atoms with E-state index in [-0.39, 0.29) is 17.9 Å². The highest BCUT2D eigenvalue weighted by Crippen LogP contribution is 2.30. The van der Waals surface area contributed by atoms with E-state index in [0.29, 0.717) is 11.6 Å². The maximum atomic E-state index is 12.6. The van der Waals surface area contributed by atoms with Gasteiger partial charge < -0.3 is 15.5 Å². The second-order valence-corrected chi connectivity index (χ2v) is 7.63. The Kier molecular flexibility index (Phi) is 3.97. The van der Waals surface area contributed by atoms with Gasteiger partial charge >= 0.3 is 0 Å². The fourth-order valence-corrected chi connectivity index (χ4v) is 4.61. The highest BCUT2D eigenvalue weighted by molar-refractivity contribution is 7.17. The van der Waals surface area contributed by atoms with Crippen molar-refractivity contribution in [3.8, 4) is 0 Å². The molecule has 3 atom stereocenters. The second-order valence-electron chi connectivity index (χ2n) is 6.72. The summed E-state index contributed by atoms with van der Waals surface area (Å²) >= 11 is 1.51. The topological polar surface area (TPSA) is 74.3 Å². The fourth-order valence-electron chi connectivity index (χ4n) is 3.77. The van der Waals surface area contributed by atoms with Crippen LogP contribution in [0.3, 0.4) is 0 Å². The fraction of sp³-hybridized carbons (Fsp3) is 0.471. The number of fused-ring (bicyclic) bond motifs is 3. The van der Waals surface area contributed by atoms with Gasteiger partial charge in [0.25, 0.3) is 5.91 Å². The van der Waals surface area contributed by atoms with Crippen LogP contribution in [0, 0.1) is 5.92 Å². The van der Waals surface area contributed by atoms with Gasteiger partial charge in [-0.15, -0.1) is 11.3 Å². The molecule has 2 amide bonds. The van der Waals surface area contributed by atoms with Crippen molar-refractivity contribution in [2.45, 2.75) is 25.8 Å². The first-order valence-corrected chi connectivity index (χ1v) is 9.14. The van der Waals surface area contributed by atoms with E-state index in [0.717, 1.165) is 35.3 Å². The Balaban J connectivity index is 1.52. The molecule has 126 valence electrons. The Morgan fingerprint density at radius 2 is 2.25 bits per heavy atom. The molecule has 0 spiro atoms. The third-order valence-electron chi connectivity index (χ3n) is 4.81. The SMILES string of the molecule is CC(=O)Nc1csc2cnc(C(=O)NC3CC4CCN(C4)C3)cc12. The van der Waals surface area contributed by atoms with Crippen LogP contribution in [0.25, 0.3) is 10.1 Å². The van der Waals surface area contributed by atoms with Gasteiger partial charge in [-0.1, -0.05) is 0 Å². The summed E-state index contributed by atoms with van der Waals surface area (Å²) in [7, 11) is 0. The molecule has 2 N–H and O–H groups in total. The molecule has 7 heteroatoms. The number of rotatable bonds is 3. The molecule has 0 radical (unpaired) electrons. The van der Waals surface area contributed by atoms with Gasteiger partial charge in [-0.2, -0.15) is 0 Å². The largest absolute Gasteiger partial charge is 0.347 e. The molecule has 3 unspecified atom stereocenters. The highest BCUT2D eigenvalue weighted by atomic mass is 32.1. The van der Waals surface area contributed by atoms with E-state index in [1.165, 1.54) is 31.2 Å². The Labute approximate surface area is 144 Å². The molecular weight excluding hydrogens is 324 g/mol. The zero-order valence-electron chi connectivity index (χ0n) is 13.5. The predicted octanol–water partition coefficient (Wildman–Crippen LogP) is 2.08. The molecule has 6 nitrogen and oxygen atoms in total. The van der Waals surface area contributed by atoms with E-state index in [2.05, 4.69) is 20.5 Å². The summed E-state index contributed by atoms with van der Waals surface area (Å²) in [5.74, 6) is 0.455. The quantitative estimate of drug-likeness (QED) is 0.894. The number of piperidine rings is 1. The molecule has 4 heterocycles. The molecular formula is C17H20N4O2S. The van der Waals surface area contributed by atoms with Crippen LogP contribution in [0.2, 0.25) is 0 Å². The van der Waals surface area contributed by atoms with E-state index in [1.54, 1.807) is 12.3 Å². The number of amides is 2. The number of hydrogen-bond donors (Lipinski definition) is 2. The number of hydrogen-bond acceptors (Lipinski definition) is 5. The first-order valence-electron chi connectivity index (χ1n) is 8.26. The molecule has 24 heavy (non-hydrogen) atoms. The lowest BCUT2D eigenvalue weighted by Gasteiger charge is -2.30. The number of anilines is 1. The van der Waals surface area contributed by atoms with Crippen LogP contribution in [-0.2, 0) is 4.79 Å². The van der Waals surface area contributed by atoms with Gasteiger partial charge in [0.1, 0.15) is 5.69 Å². The van der Waals surface area contributed by atoms with Gasteiger partial charge in [0, 0.05) is 43.0 Å². The summed E-state index contributed by atoms with van der Waals surface area (Å²) in [4.78, 5) is 30.6. The van der Waals surface area contributed by atoms with E-state index in [4.69, 9.17) is 0 Å². The molecule has 2 fully saturated rings. The zero-order valence-corrected chi connectivity index (χ0v) is 14.4. The summed E-state index contributed by atoms with van der Waals surface area (Å²) in [6.45, 7) is 4.73. The van der Waals surface area contributed by atoms with Crippen LogP contribution in [0.4, 0.5) is 5.69 Å². The molecule has 4 rings (SSSR count). The predicted molar refractivity (Wildman–Crippen MR) is 94.3 cm³/mol. The van der Waals surface area contributed by atoms with Gasteiger partial charge in [-0.05, 0) is 31.4 Å². The minimum absolute atomic E-state index is 0.121. The van der Waals surface area contributed by atoms with Crippen LogP contribution in [0.5, 0.6) is 0 Å². The van der Waals surface area contributed by atoms with Crippen molar-refractivity contribution in [1.29, 1.82) is 0 Å². The van der Waals surface area contributed by atoms with Crippen LogP contribution < -0.4 is 10.6 Å². The van der Waals surface area contributed by atoms with E-state index in [9.17, 15) is 9.59 Å². The molecule has 2 aliphatic rings. The minimum atomic E-state index is -0.135. The first-order chi connectivity index (χ1) is 11.6. The molecule has 0 aliphatic carbocycles. The van der Waals surface area contributed by atoms with E-state index in [1.807, 2.05) is 5.38 Å². The van der Waals surface area contributed by atoms with E-state index < -0.39 is 0 Å². The van der Waals surface area contributed by atoms with Crippen molar-refractivity contribution >= 4 is 38.9 Å². The molecule has 2 saturated heterocycles. The number of pyridine rings is 1. The first kappa shape index (κ1) is 15.5. The molecule has 0 aromatic carbocycles. The monoisotopic (exact) mass is 344 g/mol. The Morgan fingerprint density at radius 1 is 1.38 bits per heavy atom. The normalized spacial score (nSPS) is 25.6. The van der Waals surface area contributed by atoms with Crippen molar-refractivity contribution in [2.75, 3.05) is 25.0 Å². The molecule has 2 aliphatic heterocycles. The Hall–Kier alpha value is -1.99. The average molecular weight is 344 g/mol. The smallest absolute Gasteiger partial charge is 0.270 e. The molecule has 0 saturated carbocycles. The Morgan fingerprint density at radius 3 is 3.04 bits per heavy atom. The maximum absolute atomic E-state index is 12.6. The molecule has 2 aromatic rings. The number of nitrogens with zero attached hydrogens (tertiary/aromatic N) is 2. The van der Waals surface area contributed by atoms with Gasteiger partial charge in [-0.25, -0.2) is 4.98 Å². The average Bonchev–Trinajstić information content (AvgIpc) is 3.09. The number of carbonyl (C=O) groups is 2. The highest BCUT2D eigenvalue weighted by Gasteiger charge is 2.33. The zero-order chi connectivity index (χ0) is 16.7. The van der Waals surface area contributed by atoms with Crippen molar-refractivity contribution < 1.29 is 9.59 Å². The third kappa shape index (κ3) is 3.01. The molecule has 2 aromatic heterocycles. The van der Waals surface area contributed by atoms with Crippen LogP contribution in [0.15, 0.2) is 17.6 Å². The van der Waals surface area contributed by atoms with Crippen LogP contribution >= 0.6 is 11.3 Å². The van der Waals surface area contributed by atoms with Gasteiger partial charge in [0.05, 0.1) is 10.4 Å². The van der Waals surface area contributed by atoms with Crippen LogP contribution in [-0.4, -0.2) is 47.4 Å². The van der Waals surface area contributed by atoms with Crippen LogP contribution in [0.1, 0.15) is 30.3 Å². The molecule has 2 bridgehead atoms. The number of nitrogens with one attached hydrogen (secondary N) is 2. The summed E-state index contributed by atoms with van der Waals surface area (Å²) < 4.78 is 0.956. The van der Waals surface area contributed by atoms with Gasteiger partial charge in [0.2, 0.25) is 5.91 Å². The summed E-state index contributed by atoms with van der Waals surface area (Å²) in [5, 5.41) is 8.67. The standard InChI is InChI=1S/C17H20N4O2S/c1-10(22)19-15-9-24-16-6-18-14(5-13(15)16)17(23)20-12-4-11-2-3-21(7-11)8-12/h5-6,9,11-12H,2-4,7-8H2,1H3,(H,19,22)(H,20,23). The van der Waals surface area contributed by atoms with Gasteiger partial charge in [-0.3, -0.25) is 9.59 Å². The third-order valence-corrected chi connectivity index (χ3v) is 5.74. The van der Waals surface area contributed by atoms with Crippen molar-refractivity contribution in [3.05, 3.63) is 23.3 Å². The summed E-state index contributed by atoms with van der Waals surface area (Å²) in [6.07, 6.45) is 4.00. The van der Waals surface area contributed by atoms with Gasteiger partial charge in [0.15, 0.2) is 0 Å². The summed E-state index contributed by atoms with van der Waals surface area (Å²) in [6, 6.07) is 1.97. The number of thiophene rings is 1. The second kappa shape index (κ2) is 6.14. The lowest BCUT2D eigenvalue weighted by atomic mass is 9.97. The van der Waals surface area contributed by atoms with Crippen molar-refractivity contribution in [2.24, 2.45) is 5.92 Å². The lowest BCUT2D eigenvalue weighted by Crippen LogP contribution is -2.47. The maximum Gasteiger partial charge on any atom is 0.270 e. The van der Waals surface area contributed by atoms with Crippen molar-refractivity contribution in [1.82, 2.24) is 15.2 Å². The lowest BCUT2D eigenvalue weighted by molar-refractivity contribution is -0.114. The number of aromatic nitrogens is 1. The van der Waals surface area contributed by atoms with Crippen molar-refractivity contribution in [3.63, 3.8) is 0 Å². The number of carbonyl (C=O) groups excluding carboxylic acids is 2. The summed E-state index contributed by atoms with van der Waals surface area (Å²) in [5.41, 5.74) is 1.14. The Bertz CT molecular complexity index is 791. The minimum Gasteiger partial charge on any atom is -0.347 e. The van der Waals surface area contributed by atoms with E-state index >= 15 is 0 Å².